The Morgan fingerprint density at radius 2 is 2.06 bits per heavy atom. The van der Waals surface area contributed by atoms with E-state index < -0.39 is 10.0 Å². The molecule has 0 radical (unpaired) electrons. The van der Waals surface area contributed by atoms with Crippen LogP contribution in [0.25, 0.3) is 0 Å². The first-order chi connectivity index (χ1) is 7.54. The largest absolute Gasteiger partial charge is 0.398 e. The van der Waals surface area contributed by atoms with Gasteiger partial charge in [-0.2, -0.15) is 0 Å². The molecule has 5 heteroatoms. The molecule has 1 fully saturated rings. The maximum Gasteiger partial charge on any atom is 0.240 e. The van der Waals surface area contributed by atoms with Gasteiger partial charge in [-0.05, 0) is 49.6 Å². The maximum atomic E-state index is 11.6. The van der Waals surface area contributed by atoms with Gasteiger partial charge in [0.05, 0.1) is 4.90 Å². The number of hydrogen-bond acceptors (Lipinski definition) is 3. The van der Waals surface area contributed by atoms with E-state index in [2.05, 4.69) is 4.72 Å². The molecule has 0 bridgehead atoms. The minimum absolute atomic E-state index is 0.297. The molecular formula is C11H16N2O2S. The molecule has 16 heavy (non-hydrogen) atoms. The van der Waals surface area contributed by atoms with Gasteiger partial charge in [-0.3, -0.25) is 0 Å². The van der Waals surface area contributed by atoms with Crippen molar-refractivity contribution in [3.05, 3.63) is 23.8 Å². The van der Waals surface area contributed by atoms with Gasteiger partial charge in [0.1, 0.15) is 0 Å². The van der Waals surface area contributed by atoms with E-state index >= 15 is 0 Å². The van der Waals surface area contributed by atoms with Crippen LogP contribution < -0.4 is 10.5 Å². The number of hydrogen-bond donors (Lipinski definition) is 2. The molecule has 88 valence electrons. The molecule has 0 aromatic heterocycles. The molecule has 1 aliphatic rings. The van der Waals surface area contributed by atoms with Crippen molar-refractivity contribution in [3.63, 3.8) is 0 Å². The summed E-state index contributed by atoms with van der Waals surface area (Å²) in [5.74, 6) is 0.437. The average molecular weight is 240 g/mol. The Kier molecular flexibility index (Phi) is 2.90. The van der Waals surface area contributed by atoms with Crippen LogP contribution in [0, 0.1) is 0 Å². The number of anilines is 1. The molecule has 0 amide bonds. The molecule has 1 aromatic rings. The van der Waals surface area contributed by atoms with E-state index in [-0.39, 0.29) is 0 Å². The van der Waals surface area contributed by atoms with Gasteiger partial charge in [0.2, 0.25) is 10.0 Å². The van der Waals surface area contributed by atoms with Gasteiger partial charge in [0, 0.05) is 5.69 Å². The summed E-state index contributed by atoms with van der Waals surface area (Å²) < 4.78 is 25.6. The standard InChI is InChI=1S/C11H16N2O2S/c1-13-16(14,15)9-5-6-11(12)10(7-9)8-3-2-4-8/h5-8,13H,2-4,12H2,1H3. The lowest BCUT2D eigenvalue weighted by Gasteiger charge is -2.27. The van der Waals surface area contributed by atoms with Gasteiger partial charge in [-0.15, -0.1) is 0 Å². The third kappa shape index (κ3) is 1.92. The van der Waals surface area contributed by atoms with E-state index in [1.165, 1.54) is 13.5 Å². The first-order valence-electron chi connectivity index (χ1n) is 5.37. The van der Waals surface area contributed by atoms with Gasteiger partial charge in [-0.25, -0.2) is 13.1 Å². The second-order valence-corrected chi connectivity index (χ2v) is 6.01. The zero-order valence-corrected chi connectivity index (χ0v) is 10.0. The van der Waals surface area contributed by atoms with Crippen LogP contribution in [0.4, 0.5) is 5.69 Å². The van der Waals surface area contributed by atoms with Crippen LogP contribution >= 0.6 is 0 Å². The van der Waals surface area contributed by atoms with Crippen LogP contribution in [0.15, 0.2) is 23.1 Å². The lowest BCUT2D eigenvalue weighted by molar-refractivity contribution is 0.420. The Hall–Kier alpha value is -1.07. The van der Waals surface area contributed by atoms with Gasteiger partial charge >= 0.3 is 0 Å². The smallest absolute Gasteiger partial charge is 0.240 e. The Balaban J connectivity index is 2.43. The second-order valence-electron chi connectivity index (χ2n) is 4.13. The van der Waals surface area contributed by atoms with Gasteiger partial charge in [-0.1, -0.05) is 6.42 Å². The van der Waals surface area contributed by atoms with Crippen LogP contribution in [-0.4, -0.2) is 15.5 Å². The summed E-state index contributed by atoms with van der Waals surface area (Å²) in [5, 5.41) is 0. The monoisotopic (exact) mass is 240 g/mol. The number of nitrogens with one attached hydrogen (secondary N) is 1. The van der Waals surface area contributed by atoms with Crippen molar-refractivity contribution in [1.82, 2.24) is 4.72 Å². The zero-order chi connectivity index (χ0) is 11.8. The van der Waals surface area contributed by atoms with Crippen molar-refractivity contribution < 1.29 is 8.42 Å². The van der Waals surface area contributed by atoms with Crippen molar-refractivity contribution in [2.75, 3.05) is 12.8 Å². The van der Waals surface area contributed by atoms with Gasteiger partial charge in [0.15, 0.2) is 0 Å². The van der Waals surface area contributed by atoms with Crippen LogP contribution in [0.5, 0.6) is 0 Å². The highest BCUT2D eigenvalue weighted by atomic mass is 32.2. The molecule has 2 rings (SSSR count). The molecule has 0 saturated heterocycles. The molecule has 1 saturated carbocycles. The highest BCUT2D eigenvalue weighted by Crippen LogP contribution is 2.39. The Morgan fingerprint density at radius 3 is 2.56 bits per heavy atom. The predicted molar refractivity (Wildman–Crippen MR) is 63.7 cm³/mol. The summed E-state index contributed by atoms with van der Waals surface area (Å²) in [4.78, 5) is 0.297. The summed E-state index contributed by atoms with van der Waals surface area (Å²) in [5.41, 5.74) is 7.54. The van der Waals surface area contributed by atoms with Crippen LogP contribution in [-0.2, 0) is 10.0 Å². The lowest BCUT2D eigenvalue weighted by atomic mass is 9.79. The van der Waals surface area contributed by atoms with Crippen LogP contribution in [0.2, 0.25) is 0 Å². The summed E-state index contributed by atoms with van der Waals surface area (Å²) in [6.45, 7) is 0. The highest BCUT2D eigenvalue weighted by Gasteiger charge is 2.23. The normalized spacial score (nSPS) is 17.1. The first kappa shape index (κ1) is 11.4. The van der Waals surface area contributed by atoms with Crippen LogP contribution in [0.1, 0.15) is 30.7 Å². The van der Waals surface area contributed by atoms with Crippen molar-refractivity contribution in [2.45, 2.75) is 30.1 Å². The Morgan fingerprint density at radius 1 is 1.38 bits per heavy atom. The predicted octanol–water partition coefficient (Wildman–Crippen LogP) is 1.44. The molecular weight excluding hydrogens is 224 g/mol. The number of nitrogen functional groups attached to an aromatic ring is 1. The molecule has 3 N–H and O–H groups in total. The summed E-state index contributed by atoms with van der Waals surface area (Å²) in [7, 11) is -1.95. The first-order valence-corrected chi connectivity index (χ1v) is 6.86. The maximum absolute atomic E-state index is 11.6. The lowest BCUT2D eigenvalue weighted by Crippen LogP contribution is -2.19. The molecule has 0 atom stereocenters. The topological polar surface area (TPSA) is 72.2 Å². The number of nitrogens with two attached hydrogens (primary N) is 1. The van der Waals surface area contributed by atoms with E-state index in [1.54, 1.807) is 18.2 Å². The SMILES string of the molecule is CNS(=O)(=O)c1ccc(N)c(C2CCC2)c1. The summed E-state index contributed by atoms with van der Waals surface area (Å²) >= 11 is 0. The number of rotatable bonds is 3. The Labute approximate surface area is 95.9 Å². The summed E-state index contributed by atoms with van der Waals surface area (Å²) in [6.07, 6.45) is 3.41. The van der Waals surface area contributed by atoms with Gasteiger partial charge in [0.25, 0.3) is 0 Å². The van der Waals surface area contributed by atoms with E-state index in [1.807, 2.05) is 0 Å². The zero-order valence-electron chi connectivity index (χ0n) is 9.23. The molecule has 0 aliphatic heterocycles. The molecule has 4 nitrogen and oxygen atoms in total. The van der Waals surface area contributed by atoms with E-state index in [4.69, 9.17) is 5.73 Å². The molecule has 0 unspecified atom stereocenters. The van der Waals surface area contributed by atoms with Crippen LogP contribution in [0.3, 0.4) is 0 Å². The molecule has 0 heterocycles. The highest BCUT2D eigenvalue weighted by molar-refractivity contribution is 7.89. The van der Waals surface area contributed by atoms with Crippen molar-refractivity contribution >= 4 is 15.7 Å². The van der Waals surface area contributed by atoms with Crippen molar-refractivity contribution in [3.8, 4) is 0 Å². The second kappa shape index (κ2) is 4.07. The minimum atomic E-state index is -3.36. The number of sulfonamides is 1. The molecule has 1 aliphatic carbocycles. The minimum Gasteiger partial charge on any atom is -0.398 e. The van der Waals surface area contributed by atoms with E-state index in [9.17, 15) is 8.42 Å². The fourth-order valence-electron chi connectivity index (χ4n) is 1.91. The molecule has 1 aromatic carbocycles. The quantitative estimate of drug-likeness (QED) is 0.785. The third-order valence-corrected chi connectivity index (χ3v) is 4.59. The van der Waals surface area contributed by atoms with E-state index in [0.717, 1.165) is 18.4 Å². The van der Waals surface area contributed by atoms with Crippen molar-refractivity contribution in [2.24, 2.45) is 0 Å². The fourth-order valence-corrected chi connectivity index (χ4v) is 2.68. The Bertz CT molecular complexity index is 493. The number of benzene rings is 1. The van der Waals surface area contributed by atoms with E-state index in [0.29, 0.717) is 16.5 Å². The summed E-state index contributed by atoms with van der Waals surface area (Å²) in [6, 6.07) is 4.92. The third-order valence-electron chi connectivity index (χ3n) is 3.18. The fraction of sp³-hybridized carbons (Fsp3) is 0.455. The van der Waals surface area contributed by atoms with Gasteiger partial charge < -0.3 is 5.73 Å². The van der Waals surface area contributed by atoms with Crippen molar-refractivity contribution in [1.29, 1.82) is 0 Å². The molecule has 0 spiro atoms. The average Bonchev–Trinajstić information content (AvgIpc) is 2.18.